The molecular weight excluding hydrogens is 298 g/mol. The summed E-state index contributed by atoms with van der Waals surface area (Å²) in [5.41, 5.74) is 4.34. The van der Waals surface area contributed by atoms with Crippen molar-refractivity contribution in [2.45, 2.75) is 53.1 Å². The van der Waals surface area contributed by atoms with Gasteiger partial charge in [-0.2, -0.15) is 5.10 Å². The number of nitrogens with zero attached hydrogens (tertiary/aromatic N) is 2. The molecule has 0 radical (unpaired) electrons. The van der Waals surface area contributed by atoms with Crippen LogP contribution in [0.4, 0.5) is 0 Å². The first kappa shape index (κ1) is 18.0. The lowest BCUT2D eigenvalue weighted by Crippen LogP contribution is -2.24. The summed E-state index contributed by atoms with van der Waals surface area (Å²) in [6.07, 6.45) is 5.42. The smallest absolute Gasteiger partial charge is 0.244 e. The molecule has 1 unspecified atom stereocenters. The fourth-order valence-electron chi connectivity index (χ4n) is 2.62. The lowest BCUT2D eigenvalue weighted by atomic mass is 10.0. The molecule has 0 spiro atoms. The maximum Gasteiger partial charge on any atom is 0.244 e. The van der Waals surface area contributed by atoms with Gasteiger partial charge in [-0.3, -0.25) is 9.48 Å². The van der Waals surface area contributed by atoms with E-state index in [1.165, 1.54) is 5.56 Å². The van der Waals surface area contributed by atoms with Gasteiger partial charge in [-0.1, -0.05) is 38.1 Å². The average Bonchev–Trinajstić information content (AvgIpc) is 2.94. The molecule has 1 heterocycles. The molecule has 1 N–H and O–H groups in total. The standard InChI is InChI=1S/C20H27N3O/c1-6-23-13-19(16(5)22-23)15(4)21-20(24)12-9-17-7-10-18(11-8-17)14(2)3/h7-15H,6H2,1-5H3,(H,21,24)/b12-9+. The van der Waals surface area contributed by atoms with Gasteiger partial charge in [0.15, 0.2) is 0 Å². The minimum atomic E-state index is -0.0981. The van der Waals surface area contributed by atoms with Gasteiger partial charge in [-0.15, -0.1) is 0 Å². The van der Waals surface area contributed by atoms with Crippen LogP contribution in [0.2, 0.25) is 0 Å². The number of carbonyl (C=O) groups excluding carboxylic acids is 1. The largest absolute Gasteiger partial charge is 0.346 e. The Morgan fingerprint density at radius 2 is 1.92 bits per heavy atom. The van der Waals surface area contributed by atoms with Gasteiger partial charge >= 0.3 is 0 Å². The number of carbonyl (C=O) groups is 1. The van der Waals surface area contributed by atoms with Crippen LogP contribution < -0.4 is 5.32 Å². The lowest BCUT2D eigenvalue weighted by molar-refractivity contribution is -0.117. The Bertz CT molecular complexity index is 711. The van der Waals surface area contributed by atoms with Gasteiger partial charge in [0.25, 0.3) is 0 Å². The molecule has 0 fully saturated rings. The normalized spacial score (nSPS) is 12.8. The van der Waals surface area contributed by atoms with Crippen LogP contribution in [0.5, 0.6) is 0 Å². The van der Waals surface area contributed by atoms with Crippen LogP contribution in [0.15, 0.2) is 36.5 Å². The summed E-state index contributed by atoms with van der Waals surface area (Å²) in [4.78, 5) is 12.1. The highest BCUT2D eigenvalue weighted by molar-refractivity contribution is 5.91. The van der Waals surface area contributed by atoms with E-state index in [1.54, 1.807) is 6.08 Å². The first-order valence-corrected chi connectivity index (χ1v) is 8.53. The van der Waals surface area contributed by atoms with E-state index in [1.807, 2.05) is 49.9 Å². The van der Waals surface area contributed by atoms with Gasteiger partial charge in [-0.25, -0.2) is 0 Å². The minimum Gasteiger partial charge on any atom is -0.346 e. The molecule has 24 heavy (non-hydrogen) atoms. The molecule has 0 aliphatic heterocycles. The number of aromatic nitrogens is 2. The summed E-state index contributed by atoms with van der Waals surface area (Å²) in [5.74, 6) is 0.415. The summed E-state index contributed by atoms with van der Waals surface area (Å²) in [6, 6.07) is 8.22. The summed E-state index contributed by atoms with van der Waals surface area (Å²) >= 11 is 0. The fourth-order valence-corrected chi connectivity index (χ4v) is 2.62. The zero-order valence-electron chi connectivity index (χ0n) is 15.2. The Balaban J connectivity index is 1.97. The average molecular weight is 325 g/mol. The zero-order chi connectivity index (χ0) is 17.7. The number of aryl methyl sites for hydroxylation is 2. The first-order valence-electron chi connectivity index (χ1n) is 8.53. The van der Waals surface area contributed by atoms with E-state index >= 15 is 0 Å². The maximum absolute atomic E-state index is 12.1. The molecule has 2 rings (SSSR count). The van der Waals surface area contributed by atoms with Crippen molar-refractivity contribution in [3.63, 3.8) is 0 Å². The summed E-state index contributed by atoms with van der Waals surface area (Å²) in [7, 11) is 0. The molecule has 4 heteroatoms. The second-order valence-electron chi connectivity index (χ2n) is 6.41. The molecule has 0 saturated carbocycles. The lowest BCUT2D eigenvalue weighted by Gasteiger charge is -2.11. The van der Waals surface area contributed by atoms with Gasteiger partial charge in [0, 0.05) is 24.4 Å². The van der Waals surface area contributed by atoms with Crippen molar-refractivity contribution in [1.29, 1.82) is 0 Å². The first-order chi connectivity index (χ1) is 11.4. The highest BCUT2D eigenvalue weighted by atomic mass is 16.1. The van der Waals surface area contributed by atoms with Gasteiger partial charge in [-0.05, 0) is 43.9 Å². The van der Waals surface area contributed by atoms with Crippen LogP contribution in [-0.4, -0.2) is 15.7 Å². The van der Waals surface area contributed by atoms with Crippen molar-refractivity contribution in [2.24, 2.45) is 0 Å². The van der Waals surface area contributed by atoms with Crippen molar-refractivity contribution >= 4 is 12.0 Å². The predicted molar refractivity (Wildman–Crippen MR) is 98.8 cm³/mol. The van der Waals surface area contributed by atoms with E-state index in [0.717, 1.165) is 23.4 Å². The molecule has 1 amide bonds. The van der Waals surface area contributed by atoms with Crippen molar-refractivity contribution in [3.05, 3.63) is 58.9 Å². The molecule has 4 nitrogen and oxygen atoms in total. The SMILES string of the molecule is CCn1cc(C(C)NC(=O)/C=C/c2ccc(C(C)C)cc2)c(C)n1. The molecule has 0 bridgehead atoms. The molecular formula is C20H27N3O. The topological polar surface area (TPSA) is 46.9 Å². The van der Waals surface area contributed by atoms with E-state index in [2.05, 4.69) is 36.4 Å². The summed E-state index contributed by atoms with van der Waals surface area (Å²) < 4.78 is 1.89. The van der Waals surface area contributed by atoms with E-state index in [-0.39, 0.29) is 11.9 Å². The Labute approximate surface area is 144 Å². The van der Waals surface area contributed by atoms with Crippen LogP contribution in [0, 0.1) is 6.92 Å². The van der Waals surface area contributed by atoms with Gasteiger partial charge in [0.2, 0.25) is 5.91 Å². The Hall–Kier alpha value is -2.36. The van der Waals surface area contributed by atoms with Crippen LogP contribution in [0.1, 0.15) is 62.0 Å². The third kappa shape index (κ3) is 4.57. The van der Waals surface area contributed by atoms with E-state index < -0.39 is 0 Å². The summed E-state index contributed by atoms with van der Waals surface area (Å²) in [6.45, 7) is 11.2. The van der Waals surface area contributed by atoms with E-state index in [9.17, 15) is 4.79 Å². The quantitative estimate of drug-likeness (QED) is 0.808. The predicted octanol–water partition coefficient (Wildman–Crippen LogP) is 4.23. The molecule has 2 aromatic rings. The molecule has 0 aliphatic rings. The van der Waals surface area contributed by atoms with Crippen molar-refractivity contribution in [1.82, 2.24) is 15.1 Å². The molecule has 0 aliphatic carbocycles. The van der Waals surface area contributed by atoms with Crippen LogP contribution in [0.3, 0.4) is 0 Å². The Morgan fingerprint density at radius 3 is 2.46 bits per heavy atom. The molecule has 1 aromatic heterocycles. The van der Waals surface area contributed by atoms with Crippen LogP contribution in [-0.2, 0) is 11.3 Å². The molecule has 1 atom stereocenters. The Morgan fingerprint density at radius 1 is 1.25 bits per heavy atom. The number of amides is 1. The van der Waals surface area contributed by atoms with E-state index in [0.29, 0.717) is 5.92 Å². The minimum absolute atomic E-state index is 0.0641. The van der Waals surface area contributed by atoms with Gasteiger partial charge < -0.3 is 5.32 Å². The second kappa shape index (κ2) is 7.95. The maximum atomic E-state index is 12.1. The molecule has 0 saturated heterocycles. The Kier molecular flexibility index (Phi) is 5.96. The van der Waals surface area contributed by atoms with Crippen molar-refractivity contribution < 1.29 is 4.79 Å². The van der Waals surface area contributed by atoms with Crippen molar-refractivity contribution in [3.8, 4) is 0 Å². The number of rotatable bonds is 6. The van der Waals surface area contributed by atoms with Crippen LogP contribution in [0.25, 0.3) is 6.08 Å². The highest BCUT2D eigenvalue weighted by Crippen LogP contribution is 2.17. The number of hydrogen-bond acceptors (Lipinski definition) is 2. The number of nitrogens with one attached hydrogen (secondary N) is 1. The number of hydrogen-bond donors (Lipinski definition) is 1. The third-order valence-electron chi connectivity index (χ3n) is 4.16. The fraction of sp³-hybridized carbons (Fsp3) is 0.400. The molecule has 1 aromatic carbocycles. The van der Waals surface area contributed by atoms with Crippen LogP contribution >= 0.6 is 0 Å². The summed E-state index contributed by atoms with van der Waals surface area (Å²) in [5, 5.41) is 7.42. The molecule has 128 valence electrons. The monoisotopic (exact) mass is 325 g/mol. The van der Waals surface area contributed by atoms with Gasteiger partial charge in [0.1, 0.15) is 0 Å². The zero-order valence-corrected chi connectivity index (χ0v) is 15.2. The number of benzene rings is 1. The second-order valence-corrected chi connectivity index (χ2v) is 6.41. The van der Waals surface area contributed by atoms with E-state index in [4.69, 9.17) is 0 Å². The van der Waals surface area contributed by atoms with Crippen molar-refractivity contribution in [2.75, 3.05) is 0 Å². The van der Waals surface area contributed by atoms with Gasteiger partial charge in [0.05, 0.1) is 11.7 Å². The highest BCUT2D eigenvalue weighted by Gasteiger charge is 2.13. The third-order valence-corrected chi connectivity index (χ3v) is 4.16.